The third kappa shape index (κ3) is 4.34. The van der Waals surface area contributed by atoms with Crippen LogP contribution in [0.5, 0.6) is 0 Å². The largest absolute Gasteiger partial charge is 0.378 e. The van der Waals surface area contributed by atoms with Crippen molar-refractivity contribution in [3.8, 4) is 17.1 Å². The van der Waals surface area contributed by atoms with Crippen LogP contribution in [0.2, 0.25) is 0 Å². The van der Waals surface area contributed by atoms with E-state index in [9.17, 15) is 4.79 Å². The van der Waals surface area contributed by atoms with Gasteiger partial charge in [0.2, 0.25) is 0 Å². The number of fused-ring (bicyclic) bond motifs is 2. The number of H-pyrrole nitrogens is 1. The fourth-order valence-electron chi connectivity index (χ4n) is 4.78. The second-order valence-electron chi connectivity index (χ2n) is 9.10. The zero-order valence-electron chi connectivity index (χ0n) is 20.8. The molecule has 1 aromatic carbocycles. The van der Waals surface area contributed by atoms with Gasteiger partial charge in [-0.05, 0) is 42.5 Å². The maximum absolute atomic E-state index is 11.5. The fourth-order valence-corrected chi connectivity index (χ4v) is 4.78. The molecule has 0 bridgehead atoms. The standard InChI is InChI=1S/C28H23N9O2/c38-28-30-18-36(34-28)25-10-6-20(17-29-25)26-23(9-8-21-7-5-19-3-1-2-4-22(19)32-21)33-27-24(11-12-31-37(26)27)35-13-15-39-16-14-35/h1-12,17-18H,13-16H2,(H,34,38)/b9-8+. The molecule has 7 rings (SSSR count). The first-order chi connectivity index (χ1) is 19.2. The molecule has 0 atom stereocenters. The van der Waals surface area contributed by atoms with Crippen molar-refractivity contribution in [2.75, 3.05) is 31.2 Å². The maximum atomic E-state index is 11.5. The molecule has 1 aliphatic rings. The number of benzene rings is 1. The molecular formula is C28H23N9O2. The highest BCUT2D eigenvalue weighted by Crippen LogP contribution is 2.30. The highest BCUT2D eigenvalue weighted by molar-refractivity contribution is 5.84. The predicted molar refractivity (Wildman–Crippen MR) is 148 cm³/mol. The molecule has 0 amide bonds. The minimum Gasteiger partial charge on any atom is -0.378 e. The average Bonchev–Trinajstić information content (AvgIpc) is 3.60. The van der Waals surface area contributed by atoms with Crippen molar-refractivity contribution in [3.05, 3.63) is 95.2 Å². The van der Waals surface area contributed by atoms with Gasteiger partial charge < -0.3 is 9.64 Å². The van der Waals surface area contributed by atoms with E-state index in [2.05, 4.69) is 31.1 Å². The quantitative estimate of drug-likeness (QED) is 0.370. The lowest BCUT2D eigenvalue weighted by atomic mass is 10.1. The fraction of sp³-hybridized carbons (Fsp3) is 0.143. The Morgan fingerprint density at radius 2 is 1.82 bits per heavy atom. The number of aromatic amines is 1. The molecule has 0 spiro atoms. The highest BCUT2D eigenvalue weighted by atomic mass is 16.5. The SMILES string of the molecule is O=c1ncn(-c2ccc(-c3c(/C=C/c4ccc5ccccc5n4)nc4c(N5CCOCC5)ccnn34)cn2)[nH]1. The molecule has 192 valence electrons. The summed E-state index contributed by atoms with van der Waals surface area (Å²) in [6.07, 6.45) is 8.86. The van der Waals surface area contributed by atoms with Crippen LogP contribution >= 0.6 is 0 Å². The molecule has 1 saturated heterocycles. The summed E-state index contributed by atoms with van der Waals surface area (Å²) in [6, 6.07) is 17.8. The van der Waals surface area contributed by atoms with E-state index >= 15 is 0 Å². The number of hydrogen-bond donors (Lipinski definition) is 1. The summed E-state index contributed by atoms with van der Waals surface area (Å²) in [7, 11) is 0. The monoisotopic (exact) mass is 517 g/mol. The van der Waals surface area contributed by atoms with Crippen LogP contribution < -0.4 is 10.6 Å². The molecule has 6 aromatic rings. The van der Waals surface area contributed by atoms with E-state index in [-0.39, 0.29) is 0 Å². The van der Waals surface area contributed by atoms with Gasteiger partial charge >= 0.3 is 5.69 Å². The van der Waals surface area contributed by atoms with Crippen LogP contribution in [-0.4, -0.2) is 65.6 Å². The normalized spacial score (nSPS) is 14.1. The molecule has 0 radical (unpaired) electrons. The van der Waals surface area contributed by atoms with Gasteiger partial charge in [-0.15, -0.1) is 0 Å². The minimum absolute atomic E-state index is 0.433. The third-order valence-corrected chi connectivity index (χ3v) is 6.68. The maximum Gasteiger partial charge on any atom is 0.361 e. The summed E-state index contributed by atoms with van der Waals surface area (Å²) in [5, 5.41) is 8.37. The van der Waals surface area contributed by atoms with Gasteiger partial charge in [0.1, 0.15) is 12.0 Å². The van der Waals surface area contributed by atoms with Crippen LogP contribution in [-0.2, 0) is 4.74 Å². The smallest absolute Gasteiger partial charge is 0.361 e. The van der Waals surface area contributed by atoms with Gasteiger partial charge in [0, 0.05) is 30.2 Å². The summed E-state index contributed by atoms with van der Waals surface area (Å²) in [5.74, 6) is 0.543. The van der Waals surface area contributed by atoms with Crippen LogP contribution in [0.1, 0.15) is 11.4 Å². The number of morpholine rings is 1. The summed E-state index contributed by atoms with van der Waals surface area (Å²) in [5.41, 5.74) is 5.45. The van der Waals surface area contributed by atoms with E-state index < -0.39 is 5.69 Å². The van der Waals surface area contributed by atoms with Crippen molar-refractivity contribution in [1.29, 1.82) is 0 Å². The number of pyridine rings is 2. The average molecular weight is 518 g/mol. The minimum atomic E-state index is -0.433. The zero-order chi connectivity index (χ0) is 26.2. The van der Waals surface area contributed by atoms with Crippen LogP contribution in [0, 0.1) is 0 Å². The molecule has 1 N–H and O–H groups in total. The number of nitrogens with zero attached hydrogens (tertiary/aromatic N) is 8. The Balaban J connectivity index is 1.35. The second-order valence-corrected chi connectivity index (χ2v) is 9.10. The Morgan fingerprint density at radius 1 is 0.923 bits per heavy atom. The number of aromatic nitrogens is 8. The van der Waals surface area contributed by atoms with Gasteiger partial charge in [0.05, 0.1) is 42.0 Å². The summed E-state index contributed by atoms with van der Waals surface area (Å²) in [6.45, 7) is 2.91. The number of para-hydroxylation sites is 1. The number of imidazole rings is 1. The molecule has 6 heterocycles. The Bertz CT molecular complexity index is 1880. The van der Waals surface area contributed by atoms with E-state index in [0.29, 0.717) is 19.0 Å². The van der Waals surface area contributed by atoms with E-state index in [4.69, 9.17) is 14.7 Å². The molecule has 1 fully saturated rings. The number of anilines is 1. The van der Waals surface area contributed by atoms with Crippen LogP contribution in [0.15, 0.2) is 78.1 Å². The number of nitrogens with one attached hydrogen (secondary N) is 1. The lowest BCUT2D eigenvalue weighted by molar-refractivity contribution is 0.123. The van der Waals surface area contributed by atoms with Crippen molar-refractivity contribution in [2.45, 2.75) is 0 Å². The van der Waals surface area contributed by atoms with Crippen molar-refractivity contribution < 1.29 is 4.74 Å². The van der Waals surface area contributed by atoms with E-state index in [1.54, 1.807) is 12.4 Å². The van der Waals surface area contributed by atoms with Crippen molar-refractivity contribution in [3.63, 3.8) is 0 Å². The molecule has 0 saturated carbocycles. The topological polar surface area (TPSA) is 119 Å². The lowest BCUT2D eigenvalue weighted by Gasteiger charge is -2.28. The first kappa shape index (κ1) is 23.0. The Kier molecular flexibility index (Phi) is 5.67. The summed E-state index contributed by atoms with van der Waals surface area (Å²) in [4.78, 5) is 31.8. The molecular weight excluding hydrogens is 494 g/mol. The van der Waals surface area contributed by atoms with Gasteiger partial charge in [-0.25, -0.2) is 34.0 Å². The van der Waals surface area contributed by atoms with Gasteiger partial charge in [0.15, 0.2) is 11.5 Å². The second kappa shape index (κ2) is 9.62. The van der Waals surface area contributed by atoms with Crippen LogP contribution in [0.3, 0.4) is 0 Å². The number of ether oxygens (including phenoxy) is 1. The molecule has 39 heavy (non-hydrogen) atoms. The Hall–Kier alpha value is -5.16. The Labute approximate surface area is 222 Å². The molecule has 0 aliphatic carbocycles. The van der Waals surface area contributed by atoms with Gasteiger partial charge in [0.25, 0.3) is 0 Å². The lowest BCUT2D eigenvalue weighted by Crippen LogP contribution is -2.36. The van der Waals surface area contributed by atoms with Crippen molar-refractivity contribution >= 4 is 34.4 Å². The van der Waals surface area contributed by atoms with Crippen LogP contribution in [0.25, 0.3) is 45.8 Å². The van der Waals surface area contributed by atoms with Crippen molar-refractivity contribution in [1.82, 2.24) is 39.3 Å². The number of rotatable bonds is 5. The molecule has 1 aliphatic heterocycles. The van der Waals surface area contributed by atoms with Crippen molar-refractivity contribution in [2.24, 2.45) is 0 Å². The van der Waals surface area contributed by atoms with E-state index in [1.165, 1.54) is 11.0 Å². The zero-order valence-corrected chi connectivity index (χ0v) is 20.8. The summed E-state index contributed by atoms with van der Waals surface area (Å²) < 4.78 is 8.89. The van der Waals surface area contributed by atoms with Gasteiger partial charge in [-0.3, -0.25) is 0 Å². The number of hydrogen-bond acceptors (Lipinski definition) is 8. The molecule has 11 heteroatoms. The highest BCUT2D eigenvalue weighted by Gasteiger charge is 2.21. The molecule has 11 nitrogen and oxygen atoms in total. The van der Waals surface area contributed by atoms with E-state index in [1.807, 2.05) is 65.2 Å². The van der Waals surface area contributed by atoms with Gasteiger partial charge in [-0.1, -0.05) is 24.3 Å². The van der Waals surface area contributed by atoms with Gasteiger partial charge in [-0.2, -0.15) is 10.1 Å². The molecule has 0 unspecified atom stereocenters. The van der Waals surface area contributed by atoms with E-state index in [0.717, 1.165) is 58.0 Å². The predicted octanol–water partition coefficient (Wildman–Crippen LogP) is 3.22. The third-order valence-electron chi connectivity index (χ3n) is 6.68. The molecule has 5 aromatic heterocycles. The Morgan fingerprint density at radius 3 is 2.64 bits per heavy atom. The first-order valence-corrected chi connectivity index (χ1v) is 12.6. The summed E-state index contributed by atoms with van der Waals surface area (Å²) >= 11 is 0. The van der Waals surface area contributed by atoms with Crippen LogP contribution in [0.4, 0.5) is 5.69 Å². The first-order valence-electron chi connectivity index (χ1n) is 12.6.